The molecule has 0 spiro atoms. The second-order valence-corrected chi connectivity index (χ2v) is 3.32. The van der Waals surface area contributed by atoms with Crippen molar-refractivity contribution in [3.8, 4) is 5.75 Å². The van der Waals surface area contributed by atoms with Crippen molar-refractivity contribution in [1.82, 2.24) is 5.32 Å². The van der Waals surface area contributed by atoms with Crippen molar-refractivity contribution < 1.29 is 5.11 Å². The summed E-state index contributed by atoms with van der Waals surface area (Å²) in [5, 5.41) is 12.8. The number of phenolic OH excluding ortho intramolecular Hbond substituents is 1. The summed E-state index contributed by atoms with van der Waals surface area (Å²) < 4.78 is 0. The highest BCUT2D eigenvalue weighted by Crippen LogP contribution is 2.15. The third-order valence-electron chi connectivity index (χ3n) is 2.24. The predicted octanol–water partition coefficient (Wildman–Crippen LogP) is 2.28. The third kappa shape index (κ3) is 3.07. The molecule has 0 aliphatic heterocycles. The Bertz CT molecular complexity index is 260. The van der Waals surface area contributed by atoms with Crippen LogP contribution in [0.25, 0.3) is 0 Å². The van der Waals surface area contributed by atoms with Crippen molar-refractivity contribution in [3.05, 3.63) is 29.8 Å². The van der Waals surface area contributed by atoms with Gasteiger partial charge in [0.15, 0.2) is 0 Å². The average Bonchev–Trinajstić information content (AvgIpc) is 2.16. The summed E-state index contributed by atoms with van der Waals surface area (Å²) in [7, 11) is 0. The van der Waals surface area contributed by atoms with E-state index in [9.17, 15) is 5.11 Å². The van der Waals surface area contributed by atoms with Crippen LogP contribution in [0.15, 0.2) is 24.3 Å². The van der Waals surface area contributed by atoms with Crippen molar-refractivity contribution in [3.63, 3.8) is 0 Å². The Morgan fingerprint density at radius 3 is 2.69 bits per heavy atom. The van der Waals surface area contributed by atoms with Crippen LogP contribution in [0, 0.1) is 0 Å². The molecule has 0 aliphatic carbocycles. The van der Waals surface area contributed by atoms with Crippen LogP contribution in [0.3, 0.4) is 0 Å². The Kier molecular flexibility index (Phi) is 3.77. The van der Waals surface area contributed by atoms with Gasteiger partial charge in [-0.1, -0.05) is 25.1 Å². The van der Waals surface area contributed by atoms with E-state index >= 15 is 0 Å². The molecule has 13 heavy (non-hydrogen) atoms. The minimum atomic E-state index is 0.373. The second kappa shape index (κ2) is 4.87. The summed E-state index contributed by atoms with van der Waals surface area (Å²) in [5.74, 6) is 0.373. The summed E-state index contributed by atoms with van der Waals surface area (Å²) >= 11 is 0. The first-order valence-corrected chi connectivity index (χ1v) is 4.74. The fraction of sp³-hybridized carbons (Fsp3) is 0.455. The van der Waals surface area contributed by atoms with E-state index in [0.717, 1.165) is 18.5 Å². The Morgan fingerprint density at radius 1 is 1.38 bits per heavy atom. The fourth-order valence-electron chi connectivity index (χ4n) is 1.09. The van der Waals surface area contributed by atoms with Crippen LogP contribution in [0.5, 0.6) is 5.75 Å². The zero-order chi connectivity index (χ0) is 9.68. The van der Waals surface area contributed by atoms with Gasteiger partial charge in [-0.2, -0.15) is 0 Å². The van der Waals surface area contributed by atoms with E-state index < -0.39 is 0 Å². The molecule has 1 aromatic rings. The molecule has 0 amide bonds. The standard InChI is InChI=1S/C11H17NO/c1-3-9(2)12-8-10-6-4-5-7-11(10)13/h4-7,9,12-13H,3,8H2,1-2H3/t9-/m1/s1. The SMILES string of the molecule is CC[C@@H](C)NCc1ccccc1O. The number of hydrogen-bond donors (Lipinski definition) is 2. The fourth-order valence-corrected chi connectivity index (χ4v) is 1.09. The quantitative estimate of drug-likeness (QED) is 0.743. The van der Waals surface area contributed by atoms with Crippen molar-refractivity contribution in [1.29, 1.82) is 0 Å². The molecule has 0 heterocycles. The zero-order valence-electron chi connectivity index (χ0n) is 8.25. The lowest BCUT2D eigenvalue weighted by molar-refractivity contribution is 0.457. The van der Waals surface area contributed by atoms with Gasteiger partial charge in [-0.25, -0.2) is 0 Å². The van der Waals surface area contributed by atoms with E-state index in [1.165, 1.54) is 0 Å². The Balaban J connectivity index is 2.50. The van der Waals surface area contributed by atoms with E-state index in [1.807, 2.05) is 18.2 Å². The summed E-state index contributed by atoms with van der Waals surface area (Å²) in [5.41, 5.74) is 0.961. The normalized spacial score (nSPS) is 12.8. The van der Waals surface area contributed by atoms with E-state index in [2.05, 4.69) is 19.2 Å². The maximum absolute atomic E-state index is 9.46. The molecule has 0 saturated heterocycles. The summed E-state index contributed by atoms with van der Waals surface area (Å²) in [6.45, 7) is 5.02. The van der Waals surface area contributed by atoms with Gasteiger partial charge >= 0.3 is 0 Å². The van der Waals surface area contributed by atoms with Crippen LogP contribution in [0.1, 0.15) is 25.8 Å². The van der Waals surface area contributed by atoms with Gasteiger partial charge in [0.1, 0.15) is 5.75 Å². The van der Waals surface area contributed by atoms with Gasteiger partial charge < -0.3 is 10.4 Å². The van der Waals surface area contributed by atoms with Crippen LogP contribution in [0.4, 0.5) is 0 Å². The molecule has 2 nitrogen and oxygen atoms in total. The number of nitrogens with one attached hydrogen (secondary N) is 1. The molecule has 0 unspecified atom stereocenters. The van der Waals surface area contributed by atoms with Crippen LogP contribution >= 0.6 is 0 Å². The first kappa shape index (κ1) is 10.1. The van der Waals surface area contributed by atoms with Crippen LogP contribution in [-0.2, 0) is 6.54 Å². The minimum Gasteiger partial charge on any atom is -0.508 e. The smallest absolute Gasteiger partial charge is 0.120 e. The van der Waals surface area contributed by atoms with Gasteiger partial charge in [0.05, 0.1) is 0 Å². The summed E-state index contributed by atoms with van der Waals surface area (Å²) in [4.78, 5) is 0. The van der Waals surface area contributed by atoms with Gasteiger partial charge in [-0.05, 0) is 19.4 Å². The molecule has 0 bridgehead atoms. The zero-order valence-corrected chi connectivity index (χ0v) is 8.25. The van der Waals surface area contributed by atoms with Crippen molar-refractivity contribution in [2.24, 2.45) is 0 Å². The molecule has 1 atom stereocenters. The first-order chi connectivity index (χ1) is 6.24. The van der Waals surface area contributed by atoms with E-state index in [-0.39, 0.29) is 0 Å². The van der Waals surface area contributed by atoms with Gasteiger partial charge in [0.2, 0.25) is 0 Å². The highest BCUT2D eigenvalue weighted by Gasteiger charge is 2.01. The van der Waals surface area contributed by atoms with Crippen molar-refractivity contribution >= 4 is 0 Å². The first-order valence-electron chi connectivity index (χ1n) is 4.74. The molecule has 72 valence electrons. The number of phenols is 1. The Labute approximate surface area is 79.6 Å². The van der Waals surface area contributed by atoms with Crippen LogP contribution in [0.2, 0.25) is 0 Å². The van der Waals surface area contributed by atoms with Gasteiger partial charge in [-0.3, -0.25) is 0 Å². The number of aromatic hydroxyl groups is 1. The maximum atomic E-state index is 9.46. The maximum Gasteiger partial charge on any atom is 0.120 e. The van der Waals surface area contributed by atoms with Gasteiger partial charge in [0.25, 0.3) is 0 Å². The second-order valence-electron chi connectivity index (χ2n) is 3.32. The van der Waals surface area contributed by atoms with Crippen molar-refractivity contribution in [2.45, 2.75) is 32.9 Å². The summed E-state index contributed by atoms with van der Waals surface area (Å²) in [6, 6.07) is 7.92. The molecule has 2 heteroatoms. The molecule has 0 aliphatic rings. The lowest BCUT2D eigenvalue weighted by Crippen LogP contribution is -2.24. The highest BCUT2D eigenvalue weighted by molar-refractivity contribution is 5.31. The van der Waals surface area contributed by atoms with Crippen LogP contribution in [-0.4, -0.2) is 11.1 Å². The van der Waals surface area contributed by atoms with Crippen molar-refractivity contribution in [2.75, 3.05) is 0 Å². The van der Waals surface area contributed by atoms with Crippen LogP contribution < -0.4 is 5.32 Å². The molecule has 0 saturated carbocycles. The number of benzene rings is 1. The molecule has 0 fully saturated rings. The molecular weight excluding hydrogens is 162 g/mol. The highest BCUT2D eigenvalue weighted by atomic mass is 16.3. The minimum absolute atomic E-state index is 0.373. The molecular formula is C11H17NO. The van der Waals surface area contributed by atoms with Gasteiger partial charge in [0, 0.05) is 18.2 Å². The monoisotopic (exact) mass is 179 g/mol. The molecule has 0 radical (unpaired) electrons. The van der Waals surface area contributed by atoms with E-state index in [4.69, 9.17) is 0 Å². The Morgan fingerprint density at radius 2 is 2.08 bits per heavy atom. The number of rotatable bonds is 4. The molecule has 1 rings (SSSR count). The largest absolute Gasteiger partial charge is 0.508 e. The molecule has 1 aromatic carbocycles. The topological polar surface area (TPSA) is 32.3 Å². The van der Waals surface area contributed by atoms with E-state index in [1.54, 1.807) is 6.07 Å². The number of para-hydroxylation sites is 1. The summed E-state index contributed by atoms with van der Waals surface area (Å²) in [6.07, 6.45) is 1.10. The third-order valence-corrected chi connectivity index (χ3v) is 2.24. The lowest BCUT2D eigenvalue weighted by atomic mass is 10.2. The van der Waals surface area contributed by atoms with E-state index in [0.29, 0.717) is 11.8 Å². The Hall–Kier alpha value is -1.02. The predicted molar refractivity (Wildman–Crippen MR) is 54.7 cm³/mol. The lowest BCUT2D eigenvalue weighted by Gasteiger charge is -2.11. The van der Waals surface area contributed by atoms with Gasteiger partial charge in [-0.15, -0.1) is 0 Å². The average molecular weight is 179 g/mol. The molecule has 0 aromatic heterocycles. The number of hydrogen-bond acceptors (Lipinski definition) is 2. The molecule has 2 N–H and O–H groups in total.